The predicted molar refractivity (Wildman–Crippen MR) is 74.0 cm³/mol. The maximum Gasteiger partial charge on any atom is 0.219 e. The molecular formula is C13H18N6O. The van der Waals surface area contributed by atoms with E-state index in [1.54, 1.807) is 19.3 Å². The highest BCUT2D eigenvalue weighted by Crippen LogP contribution is 2.30. The number of rotatable bonds is 3. The number of nitrogens with two attached hydrogens (primary N) is 1. The lowest BCUT2D eigenvalue weighted by atomic mass is 10.0. The average molecular weight is 274 g/mol. The Bertz CT molecular complexity index is 637. The van der Waals surface area contributed by atoms with Crippen molar-refractivity contribution in [3.63, 3.8) is 0 Å². The van der Waals surface area contributed by atoms with Gasteiger partial charge in [-0.25, -0.2) is 14.6 Å². The Morgan fingerprint density at radius 2 is 2.25 bits per heavy atom. The fraction of sp³-hybridized carbons (Fsp3) is 0.538. The van der Waals surface area contributed by atoms with Gasteiger partial charge in [-0.05, 0) is 6.42 Å². The van der Waals surface area contributed by atoms with Gasteiger partial charge in [-0.15, -0.1) is 0 Å². The summed E-state index contributed by atoms with van der Waals surface area (Å²) in [7, 11) is 0. The van der Waals surface area contributed by atoms with Gasteiger partial charge in [-0.1, -0.05) is 0 Å². The Morgan fingerprint density at radius 3 is 2.95 bits per heavy atom. The highest BCUT2D eigenvalue weighted by Gasteiger charge is 2.29. The number of aromatic nitrogens is 4. The van der Waals surface area contributed by atoms with Gasteiger partial charge in [0, 0.05) is 44.9 Å². The minimum absolute atomic E-state index is 0.115. The van der Waals surface area contributed by atoms with Crippen LogP contribution in [0.4, 0.5) is 0 Å². The van der Waals surface area contributed by atoms with Crippen LogP contribution in [0, 0.1) is 0 Å². The van der Waals surface area contributed by atoms with Crippen LogP contribution in [0.2, 0.25) is 0 Å². The van der Waals surface area contributed by atoms with Crippen LogP contribution in [0.3, 0.4) is 0 Å². The van der Waals surface area contributed by atoms with Crippen LogP contribution in [0.5, 0.6) is 0 Å². The second kappa shape index (κ2) is 5.16. The van der Waals surface area contributed by atoms with Crippen LogP contribution in [-0.4, -0.2) is 50.2 Å². The maximum atomic E-state index is 11.4. The molecule has 1 fully saturated rings. The van der Waals surface area contributed by atoms with E-state index in [0.29, 0.717) is 19.6 Å². The molecule has 1 aliphatic rings. The summed E-state index contributed by atoms with van der Waals surface area (Å²) in [6.07, 6.45) is 4.26. The minimum atomic E-state index is 0.115. The van der Waals surface area contributed by atoms with Gasteiger partial charge in [0.1, 0.15) is 5.52 Å². The molecule has 0 radical (unpaired) electrons. The number of amides is 1. The lowest BCUT2D eigenvalue weighted by Gasteiger charge is -2.12. The Kier molecular flexibility index (Phi) is 3.35. The zero-order valence-electron chi connectivity index (χ0n) is 11.5. The van der Waals surface area contributed by atoms with Gasteiger partial charge in [-0.3, -0.25) is 4.79 Å². The molecule has 7 heteroatoms. The summed E-state index contributed by atoms with van der Waals surface area (Å²) >= 11 is 0. The molecule has 2 aromatic heterocycles. The molecule has 3 rings (SSSR count). The lowest BCUT2D eigenvalue weighted by Crippen LogP contribution is -2.25. The number of carbonyl (C=O) groups excluding carboxylic acids is 1. The normalized spacial score (nSPS) is 18.9. The topological polar surface area (TPSA) is 89.9 Å². The molecule has 1 amide bonds. The van der Waals surface area contributed by atoms with Crippen LogP contribution in [0.1, 0.15) is 25.0 Å². The molecule has 0 aliphatic carbocycles. The molecule has 7 nitrogen and oxygen atoms in total. The van der Waals surface area contributed by atoms with Crippen molar-refractivity contribution in [3.8, 4) is 0 Å². The molecule has 0 aromatic carbocycles. The van der Waals surface area contributed by atoms with E-state index in [1.807, 2.05) is 9.58 Å². The van der Waals surface area contributed by atoms with Crippen molar-refractivity contribution in [1.29, 1.82) is 0 Å². The zero-order valence-corrected chi connectivity index (χ0v) is 11.5. The van der Waals surface area contributed by atoms with Crippen LogP contribution >= 0.6 is 0 Å². The molecule has 0 unspecified atom stereocenters. The van der Waals surface area contributed by atoms with Crippen LogP contribution < -0.4 is 5.73 Å². The summed E-state index contributed by atoms with van der Waals surface area (Å²) in [4.78, 5) is 22.1. The molecule has 0 saturated carbocycles. The van der Waals surface area contributed by atoms with Gasteiger partial charge in [0.15, 0.2) is 5.65 Å². The summed E-state index contributed by atoms with van der Waals surface area (Å²) < 4.78 is 1.81. The molecule has 1 aliphatic heterocycles. The summed E-state index contributed by atoms with van der Waals surface area (Å²) in [5, 5.41) is 4.63. The van der Waals surface area contributed by atoms with Crippen molar-refractivity contribution in [1.82, 2.24) is 24.6 Å². The van der Waals surface area contributed by atoms with E-state index in [4.69, 9.17) is 5.73 Å². The standard InChI is InChI=1S/C13H18N6O/c1-9(20)18-6-2-10(8-18)11-12-13(16-5-4-15-12)19(17-11)7-3-14/h4-5,10H,2-3,6-8,14H2,1H3/t10-/m0/s1. The van der Waals surface area contributed by atoms with E-state index in [-0.39, 0.29) is 11.8 Å². The van der Waals surface area contributed by atoms with Crippen molar-refractivity contribution < 1.29 is 4.79 Å². The molecular weight excluding hydrogens is 256 g/mol. The first-order valence-electron chi connectivity index (χ1n) is 6.83. The summed E-state index contributed by atoms with van der Waals surface area (Å²) in [6.45, 7) is 4.23. The third kappa shape index (κ3) is 2.14. The largest absolute Gasteiger partial charge is 0.342 e. The number of hydrogen-bond donors (Lipinski definition) is 1. The number of hydrogen-bond acceptors (Lipinski definition) is 5. The van der Waals surface area contributed by atoms with Crippen LogP contribution in [0.25, 0.3) is 11.2 Å². The molecule has 0 bridgehead atoms. The highest BCUT2D eigenvalue weighted by atomic mass is 16.2. The van der Waals surface area contributed by atoms with Gasteiger partial charge < -0.3 is 10.6 Å². The SMILES string of the molecule is CC(=O)N1CC[C@H](c2nn(CCN)c3nccnc23)C1. The Hall–Kier alpha value is -2.02. The number of fused-ring (bicyclic) bond motifs is 1. The van der Waals surface area contributed by atoms with Crippen molar-refractivity contribution >= 4 is 17.1 Å². The molecule has 2 N–H and O–H groups in total. The first-order valence-corrected chi connectivity index (χ1v) is 6.83. The van der Waals surface area contributed by atoms with E-state index in [0.717, 1.165) is 29.8 Å². The summed E-state index contributed by atoms with van der Waals surface area (Å²) in [5.74, 6) is 0.349. The number of nitrogens with zero attached hydrogens (tertiary/aromatic N) is 5. The van der Waals surface area contributed by atoms with Gasteiger partial charge in [0.05, 0.1) is 12.2 Å². The van der Waals surface area contributed by atoms with Gasteiger partial charge in [0.25, 0.3) is 0 Å². The van der Waals surface area contributed by atoms with Gasteiger partial charge in [-0.2, -0.15) is 5.10 Å². The quantitative estimate of drug-likeness (QED) is 0.858. The van der Waals surface area contributed by atoms with E-state index in [2.05, 4.69) is 15.1 Å². The first kappa shape index (κ1) is 13.0. The van der Waals surface area contributed by atoms with Gasteiger partial charge in [0.2, 0.25) is 5.91 Å². The first-order chi connectivity index (χ1) is 9.70. The number of likely N-dealkylation sites (tertiary alicyclic amines) is 1. The number of carbonyl (C=O) groups is 1. The van der Waals surface area contributed by atoms with Crippen molar-refractivity contribution in [3.05, 3.63) is 18.1 Å². The van der Waals surface area contributed by atoms with Crippen molar-refractivity contribution in [2.75, 3.05) is 19.6 Å². The second-order valence-corrected chi connectivity index (χ2v) is 5.08. The lowest BCUT2D eigenvalue weighted by molar-refractivity contribution is -0.127. The smallest absolute Gasteiger partial charge is 0.219 e. The molecule has 1 saturated heterocycles. The monoisotopic (exact) mass is 274 g/mol. The van der Waals surface area contributed by atoms with E-state index in [9.17, 15) is 4.79 Å². The molecule has 0 spiro atoms. The predicted octanol–water partition coefficient (Wildman–Crippen LogP) is 0.121. The van der Waals surface area contributed by atoms with E-state index < -0.39 is 0 Å². The second-order valence-electron chi connectivity index (χ2n) is 5.08. The van der Waals surface area contributed by atoms with Crippen molar-refractivity contribution in [2.24, 2.45) is 5.73 Å². The minimum Gasteiger partial charge on any atom is -0.342 e. The zero-order chi connectivity index (χ0) is 14.1. The molecule has 3 heterocycles. The molecule has 106 valence electrons. The molecule has 1 atom stereocenters. The Labute approximate surface area is 116 Å². The van der Waals surface area contributed by atoms with Gasteiger partial charge >= 0.3 is 0 Å². The molecule has 2 aromatic rings. The highest BCUT2D eigenvalue weighted by molar-refractivity contribution is 5.75. The fourth-order valence-corrected chi connectivity index (χ4v) is 2.75. The van der Waals surface area contributed by atoms with Crippen LogP contribution in [0.15, 0.2) is 12.4 Å². The maximum absolute atomic E-state index is 11.4. The summed E-state index contributed by atoms with van der Waals surface area (Å²) in [6, 6.07) is 0. The Balaban J connectivity index is 1.98. The average Bonchev–Trinajstić information content (AvgIpc) is 3.04. The molecule has 20 heavy (non-hydrogen) atoms. The van der Waals surface area contributed by atoms with E-state index >= 15 is 0 Å². The van der Waals surface area contributed by atoms with E-state index in [1.165, 1.54) is 0 Å². The Morgan fingerprint density at radius 1 is 1.45 bits per heavy atom. The summed E-state index contributed by atoms with van der Waals surface area (Å²) in [5.41, 5.74) is 8.15. The van der Waals surface area contributed by atoms with Crippen molar-refractivity contribution in [2.45, 2.75) is 25.8 Å². The fourth-order valence-electron chi connectivity index (χ4n) is 2.75. The third-order valence-corrected chi connectivity index (χ3v) is 3.76. The van der Waals surface area contributed by atoms with Crippen LogP contribution in [-0.2, 0) is 11.3 Å². The third-order valence-electron chi connectivity index (χ3n) is 3.76.